The average Bonchev–Trinajstić information content (AvgIpc) is 3.60. The number of rotatable bonds is 9. The van der Waals surface area contributed by atoms with Crippen molar-refractivity contribution in [3.05, 3.63) is 102 Å². The summed E-state index contributed by atoms with van der Waals surface area (Å²) in [4.78, 5) is 29.8. The molecule has 2 atom stereocenters. The summed E-state index contributed by atoms with van der Waals surface area (Å²) in [6.45, 7) is 0.416. The number of amides is 2. The van der Waals surface area contributed by atoms with Crippen molar-refractivity contribution < 1.29 is 13.9 Å². The van der Waals surface area contributed by atoms with E-state index < -0.39 is 5.82 Å². The van der Waals surface area contributed by atoms with E-state index >= 15 is 0 Å². The third kappa shape index (κ3) is 8.86. The second kappa shape index (κ2) is 16.7. The number of halogens is 1. The van der Waals surface area contributed by atoms with Crippen LogP contribution in [0.25, 0.3) is 22.4 Å². The van der Waals surface area contributed by atoms with Gasteiger partial charge in [-0.25, -0.2) is 24.1 Å². The first-order valence-corrected chi connectivity index (χ1v) is 17.4. The summed E-state index contributed by atoms with van der Waals surface area (Å²) in [7, 11) is 3.34. The fourth-order valence-electron chi connectivity index (χ4n) is 6.61. The van der Waals surface area contributed by atoms with E-state index in [0.29, 0.717) is 35.3 Å². The largest absolute Gasteiger partial charge is 0.496 e. The van der Waals surface area contributed by atoms with E-state index in [9.17, 15) is 14.4 Å². The van der Waals surface area contributed by atoms with Crippen LogP contribution in [0, 0.1) is 17.1 Å². The topological polar surface area (TPSA) is 134 Å². The predicted octanol–water partition coefficient (Wildman–Crippen LogP) is 7.66. The molecule has 3 aromatic heterocycles. The van der Waals surface area contributed by atoms with Gasteiger partial charge in [0.25, 0.3) is 0 Å². The van der Waals surface area contributed by atoms with Crippen molar-refractivity contribution in [1.29, 1.82) is 5.26 Å². The van der Waals surface area contributed by atoms with E-state index in [1.165, 1.54) is 25.4 Å². The van der Waals surface area contributed by atoms with Gasteiger partial charge in [0.2, 0.25) is 5.95 Å². The molecule has 5 aromatic rings. The highest BCUT2D eigenvalue weighted by Gasteiger charge is 2.27. The Kier molecular flexibility index (Phi) is 11.5. The van der Waals surface area contributed by atoms with Crippen LogP contribution in [0.1, 0.15) is 62.5 Å². The van der Waals surface area contributed by atoms with Crippen LogP contribution in [0.15, 0.2) is 85.5 Å². The molecular formula is C39H42FN9O2. The van der Waals surface area contributed by atoms with Crippen molar-refractivity contribution >= 4 is 17.8 Å². The minimum Gasteiger partial charge on any atom is -0.496 e. The number of anilines is 2. The van der Waals surface area contributed by atoms with Gasteiger partial charge in [0.05, 0.1) is 30.8 Å². The Morgan fingerprint density at radius 1 is 0.980 bits per heavy atom. The van der Waals surface area contributed by atoms with E-state index in [2.05, 4.69) is 26.8 Å². The van der Waals surface area contributed by atoms with Crippen molar-refractivity contribution in [2.75, 3.05) is 17.3 Å². The summed E-state index contributed by atoms with van der Waals surface area (Å²) in [5.74, 6) is 0.860. The number of pyridine rings is 1. The molecule has 2 amide bonds. The summed E-state index contributed by atoms with van der Waals surface area (Å²) in [5, 5.41) is 20.7. The number of ether oxygens (including phenoxy) is 1. The van der Waals surface area contributed by atoms with E-state index in [-0.39, 0.29) is 23.7 Å². The number of urea groups is 1. The number of benzene rings is 2. The van der Waals surface area contributed by atoms with Gasteiger partial charge in [0.1, 0.15) is 23.5 Å². The molecular weight excluding hydrogens is 645 g/mol. The maximum Gasteiger partial charge on any atom is 0.323 e. The van der Waals surface area contributed by atoms with Crippen molar-refractivity contribution in [3.63, 3.8) is 0 Å². The van der Waals surface area contributed by atoms with Crippen molar-refractivity contribution in [2.45, 2.75) is 70.0 Å². The van der Waals surface area contributed by atoms with Crippen LogP contribution in [0.4, 0.5) is 21.0 Å². The monoisotopic (exact) mass is 687 g/mol. The maximum absolute atomic E-state index is 14.0. The van der Waals surface area contributed by atoms with Gasteiger partial charge in [0.15, 0.2) is 0 Å². The normalized spacial score (nSPS) is 16.4. The number of nitriles is 1. The van der Waals surface area contributed by atoms with E-state index in [1.54, 1.807) is 23.1 Å². The number of hydrogen-bond donors (Lipinski definition) is 2. The molecule has 0 aliphatic heterocycles. The van der Waals surface area contributed by atoms with E-state index in [1.807, 2.05) is 60.6 Å². The summed E-state index contributed by atoms with van der Waals surface area (Å²) >= 11 is 0. The summed E-state index contributed by atoms with van der Waals surface area (Å²) in [6.07, 6.45) is 14.3. The molecule has 3 heterocycles. The SMILES string of the molecule is COc1cc(F)ccc1-c1nc(N[C@@H]2CCCCC[C@@H](N(C(=O)NCc3ccccc3)c3ccc(-c4cnn(C)c4)cn3)CCC2)ncc1C#N. The quantitative estimate of drug-likeness (QED) is 0.161. The van der Waals surface area contributed by atoms with Crippen LogP contribution in [0.5, 0.6) is 5.75 Å². The Labute approximate surface area is 297 Å². The molecule has 0 unspecified atom stereocenters. The number of methoxy groups -OCH3 is 1. The molecule has 0 saturated heterocycles. The van der Waals surface area contributed by atoms with Gasteiger partial charge in [-0.1, -0.05) is 49.6 Å². The molecule has 2 aromatic carbocycles. The van der Waals surface area contributed by atoms with Crippen molar-refractivity contribution in [1.82, 2.24) is 30.0 Å². The Morgan fingerprint density at radius 3 is 2.53 bits per heavy atom. The number of nitrogens with one attached hydrogen (secondary N) is 2. The minimum atomic E-state index is -0.439. The predicted molar refractivity (Wildman–Crippen MR) is 194 cm³/mol. The van der Waals surface area contributed by atoms with E-state index in [0.717, 1.165) is 68.1 Å². The number of carbonyl (C=O) groups is 1. The smallest absolute Gasteiger partial charge is 0.323 e. The fourth-order valence-corrected chi connectivity index (χ4v) is 6.61. The van der Waals surface area contributed by atoms with Gasteiger partial charge in [-0.15, -0.1) is 0 Å². The molecule has 0 radical (unpaired) electrons. The zero-order chi connectivity index (χ0) is 35.6. The van der Waals surface area contributed by atoms with Crippen LogP contribution in [0.2, 0.25) is 0 Å². The van der Waals surface area contributed by atoms with Crippen molar-refractivity contribution in [2.24, 2.45) is 7.05 Å². The lowest BCUT2D eigenvalue weighted by Gasteiger charge is -2.32. The van der Waals surface area contributed by atoms with Gasteiger partial charge in [-0.2, -0.15) is 10.4 Å². The molecule has 262 valence electrons. The van der Waals surface area contributed by atoms with Gasteiger partial charge in [0, 0.05) is 60.8 Å². The summed E-state index contributed by atoms with van der Waals surface area (Å²) in [5.41, 5.74) is 4.09. The van der Waals surface area contributed by atoms with Gasteiger partial charge in [-0.05, 0) is 61.9 Å². The molecule has 6 rings (SSSR count). The van der Waals surface area contributed by atoms with Gasteiger partial charge >= 0.3 is 6.03 Å². The molecule has 1 aliphatic rings. The van der Waals surface area contributed by atoms with Crippen LogP contribution in [0.3, 0.4) is 0 Å². The molecule has 0 spiro atoms. The standard InChI is InChI=1S/C39H42FN9O2/c1-48-26-30(25-45-48)28-16-19-36(42-23-28)49(39(50)44-22-27-10-5-3-6-11-27)33-14-8-4-7-12-32(13-9-15-33)46-38-43-24-29(21-41)37(47-38)34-18-17-31(40)20-35(34)51-2/h3,5-6,10-11,16-20,23-26,32-33H,4,7-9,12-15,22H2,1-2H3,(H,44,50)(H,43,46,47)/t32-,33-/m1/s1. The molecule has 2 N–H and O–H groups in total. The maximum atomic E-state index is 14.0. The van der Waals surface area contributed by atoms with Crippen LogP contribution < -0.4 is 20.3 Å². The van der Waals surface area contributed by atoms with Crippen LogP contribution in [-0.2, 0) is 13.6 Å². The Morgan fingerprint density at radius 2 is 1.78 bits per heavy atom. The lowest BCUT2D eigenvalue weighted by Crippen LogP contribution is -2.47. The second-order valence-corrected chi connectivity index (χ2v) is 12.8. The number of aryl methyl sites for hydroxylation is 1. The molecule has 1 saturated carbocycles. The lowest BCUT2D eigenvalue weighted by molar-refractivity contribution is 0.241. The zero-order valence-electron chi connectivity index (χ0n) is 28.9. The third-order valence-electron chi connectivity index (χ3n) is 9.24. The Balaban J connectivity index is 1.19. The van der Waals surface area contributed by atoms with Crippen molar-refractivity contribution in [3.8, 4) is 34.2 Å². The number of aromatic nitrogens is 5. The highest BCUT2D eigenvalue weighted by Crippen LogP contribution is 2.33. The molecule has 1 fully saturated rings. The van der Waals surface area contributed by atoms with Crippen LogP contribution >= 0.6 is 0 Å². The van der Waals surface area contributed by atoms with Gasteiger partial charge < -0.3 is 15.4 Å². The summed E-state index contributed by atoms with van der Waals surface area (Å²) < 4.78 is 21.1. The molecule has 1 aliphatic carbocycles. The summed E-state index contributed by atoms with van der Waals surface area (Å²) in [6, 6.07) is 20.0. The molecule has 0 bridgehead atoms. The number of carbonyl (C=O) groups excluding carboxylic acids is 1. The van der Waals surface area contributed by atoms with Crippen LogP contribution in [-0.4, -0.2) is 50.0 Å². The average molecular weight is 688 g/mol. The Hall–Kier alpha value is -5.83. The molecule has 12 heteroatoms. The van der Waals surface area contributed by atoms with E-state index in [4.69, 9.17) is 14.7 Å². The second-order valence-electron chi connectivity index (χ2n) is 12.8. The number of nitrogens with zero attached hydrogens (tertiary/aromatic N) is 7. The molecule has 11 nitrogen and oxygen atoms in total. The molecule has 51 heavy (non-hydrogen) atoms. The first kappa shape index (κ1) is 35.0. The number of hydrogen-bond acceptors (Lipinski definition) is 8. The van der Waals surface area contributed by atoms with Gasteiger partial charge in [-0.3, -0.25) is 9.58 Å². The first-order chi connectivity index (χ1) is 24.9. The Bertz CT molecular complexity index is 1960. The first-order valence-electron chi connectivity index (χ1n) is 17.4. The minimum absolute atomic E-state index is 0.0556. The zero-order valence-corrected chi connectivity index (χ0v) is 28.9. The highest BCUT2D eigenvalue weighted by molar-refractivity contribution is 5.91. The third-order valence-corrected chi connectivity index (χ3v) is 9.24. The fraction of sp³-hybridized carbons (Fsp3) is 0.333. The highest BCUT2D eigenvalue weighted by atomic mass is 19.1. The lowest BCUT2D eigenvalue weighted by atomic mass is 9.94.